The number of nitrogens with zero attached hydrogens (tertiary/aromatic N) is 2. The number of likely N-dealkylation sites (tertiary alicyclic amines) is 2. The third kappa shape index (κ3) is 3.14. The second-order valence-corrected chi connectivity index (χ2v) is 6.13. The highest BCUT2D eigenvalue weighted by Gasteiger charge is 2.40. The molecule has 2 fully saturated rings. The summed E-state index contributed by atoms with van der Waals surface area (Å²) in [6, 6.07) is 10.6. The number of hydrogen-bond acceptors (Lipinski definition) is 4. The van der Waals surface area contributed by atoms with Gasteiger partial charge in [0.2, 0.25) is 5.91 Å². The Morgan fingerprint density at radius 3 is 2.77 bits per heavy atom. The van der Waals surface area contributed by atoms with Gasteiger partial charge in [0.1, 0.15) is 0 Å². The molecule has 2 heterocycles. The molecule has 2 aliphatic heterocycles. The molecule has 1 aromatic rings. The standard InChI is InChI=1S/C17H22N2O3/c1-22-17(21)14-9-16(20)19(11-14)15-7-8-18(12-15)10-13-5-3-2-4-6-13/h2-6,14-15H,7-12H2,1H3. The van der Waals surface area contributed by atoms with Gasteiger partial charge in [-0.15, -0.1) is 0 Å². The molecule has 0 aromatic heterocycles. The van der Waals surface area contributed by atoms with Crippen LogP contribution in [0.2, 0.25) is 0 Å². The van der Waals surface area contributed by atoms with Gasteiger partial charge in [0.15, 0.2) is 0 Å². The van der Waals surface area contributed by atoms with Crippen LogP contribution in [0, 0.1) is 5.92 Å². The molecule has 1 amide bonds. The minimum absolute atomic E-state index is 0.0851. The van der Waals surface area contributed by atoms with Crippen LogP contribution in [-0.2, 0) is 20.9 Å². The lowest BCUT2D eigenvalue weighted by molar-refractivity contribution is -0.145. The molecular weight excluding hydrogens is 280 g/mol. The molecular formula is C17H22N2O3. The van der Waals surface area contributed by atoms with Crippen molar-refractivity contribution in [1.29, 1.82) is 0 Å². The summed E-state index contributed by atoms with van der Waals surface area (Å²) in [7, 11) is 1.38. The van der Waals surface area contributed by atoms with E-state index in [2.05, 4.69) is 17.0 Å². The summed E-state index contributed by atoms with van der Waals surface area (Å²) in [6.45, 7) is 3.30. The van der Waals surface area contributed by atoms with E-state index >= 15 is 0 Å². The first kappa shape index (κ1) is 15.0. The van der Waals surface area contributed by atoms with Crippen molar-refractivity contribution in [2.24, 2.45) is 5.92 Å². The van der Waals surface area contributed by atoms with Crippen LogP contribution in [0.1, 0.15) is 18.4 Å². The number of esters is 1. The van der Waals surface area contributed by atoms with Gasteiger partial charge in [0, 0.05) is 38.6 Å². The molecule has 22 heavy (non-hydrogen) atoms. The van der Waals surface area contributed by atoms with Gasteiger partial charge >= 0.3 is 5.97 Å². The smallest absolute Gasteiger partial charge is 0.310 e. The molecule has 0 aliphatic carbocycles. The van der Waals surface area contributed by atoms with Crippen LogP contribution in [0.3, 0.4) is 0 Å². The van der Waals surface area contributed by atoms with Crippen LogP contribution < -0.4 is 0 Å². The van der Waals surface area contributed by atoms with Crippen molar-refractivity contribution in [3.8, 4) is 0 Å². The summed E-state index contributed by atoms with van der Waals surface area (Å²) in [5.74, 6) is -0.474. The third-order valence-electron chi connectivity index (χ3n) is 4.63. The Balaban J connectivity index is 1.56. The molecule has 0 N–H and O–H groups in total. The Morgan fingerprint density at radius 2 is 2.05 bits per heavy atom. The van der Waals surface area contributed by atoms with Crippen molar-refractivity contribution >= 4 is 11.9 Å². The largest absolute Gasteiger partial charge is 0.469 e. The number of rotatable bonds is 4. The van der Waals surface area contributed by atoms with Crippen LogP contribution in [-0.4, -0.2) is 54.5 Å². The monoisotopic (exact) mass is 302 g/mol. The average Bonchev–Trinajstić information content (AvgIpc) is 3.14. The summed E-state index contributed by atoms with van der Waals surface area (Å²) >= 11 is 0. The number of ether oxygens (including phenoxy) is 1. The van der Waals surface area contributed by atoms with Crippen LogP contribution in [0.15, 0.2) is 30.3 Å². The van der Waals surface area contributed by atoms with Gasteiger partial charge < -0.3 is 9.64 Å². The van der Waals surface area contributed by atoms with Crippen molar-refractivity contribution in [3.63, 3.8) is 0 Å². The molecule has 2 saturated heterocycles. The zero-order valence-corrected chi connectivity index (χ0v) is 12.9. The molecule has 3 rings (SSSR count). The first-order valence-corrected chi connectivity index (χ1v) is 7.81. The predicted octanol–water partition coefficient (Wildman–Crippen LogP) is 1.28. The van der Waals surface area contributed by atoms with Gasteiger partial charge in [-0.2, -0.15) is 0 Å². The SMILES string of the molecule is COC(=O)C1CC(=O)N(C2CCN(Cc3ccccc3)C2)C1. The summed E-state index contributed by atoms with van der Waals surface area (Å²) < 4.78 is 4.77. The van der Waals surface area contributed by atoms with E-state index in [1.54, 1.807) is 0 Å². The van der Waals surface area contributed by atoms with E-state index in [4.69, 9.17) is 4.74 Å². The highest BCUT2D eigenvalue weighted by atomic mass is 16.5. The lowest BCUT2D eigenvalue weighted by Crippen LogP contribution is -2.39. The van der Waals surface area contributed by atoms with Crippen molar-refractivity contribution in [1.82, 2.24) is 9.80 Å². The molecule has 118 valence electrons. The van der Waals surface area contributed by atoms with E-state index in [0.29, 0.717) is 13.0 Å². The number of amides is 1. The van der Waals surface area contributed by atoms with Crippen molar-refractivity contribution in [2.45, 2.75) is 25.4 Å². The van der Waals surface area contributed by atoms with E-state index in [1.807, 2.05) is 23.1 Å². The van der Waals surface area contributed by atoms with E-state index in [9.17, 15) is 9.59 Å². The fourth-order valence-corrected chi connectivity index (χ4v) is 3.46. The molecule has 2 unspecified atom stereocenters. The minimum atomic E-state index is -0.291. The highest BCUT2D eigenvalue weighted by Crippen LogP contribution is 2.26. The van der Waals surface area contributed by atoms with Crippen molar-refractivity contribution < 1.29 is 14.3 Å². The fraction of sp³-hybridized carbons (Fsp3) is 0.529. The molecule has 2 aliphatic rings. The third-order valence-corrected chi connectivity index (χ3v) is 4.63. The van der Waals surface area contributed by atoms with Crippen LogP contribution in [0.4, 0.5) is 0 Å². The lowest BCUT2D eigenvalue weighted by atomic mass is 10.1. The van der Waals surface area contributed by atoms with Crippen LogP contribution in [0.25, 0.3) is 0 Å². The zero-order chi connectivity index (χ0) is 15.5. The van der Waals surface area contributed by atoms with E-state index in [-0.39, 0.29) is 23.8 Å². The summed E-state index contributed by atoms with van der Waals surface area (Å²) in [6.07, 6.45) is 1.27. The van der Waals surface area contributed by atoms with Gasteiger partial charge in [-0.25, -0.2) is 0 Å². The topological polar surface area (TPSA) is 49.9 Å². The zero-order valence-electron chi connectivity index (χ0n) is 12.9. The molecule has 1 aromatic carbocycles. The maximum absolute atomic E-state index is 12.2. The Labute approximate surface area is 130 Å². The number of benzene rings is 1. The van der Waals surface area contributed by atoms with Crippen LogP contribution in [0.5, 0.6) is 0 Å². The summed E-state index contributed by atoms with van der Waals surface area (Å²) in [5.41, 5.74) is 1.29. The maximum Gasteiger partial charge on any atom is 0.310 e. The van der Waals surface area contributed by atoms with Gasteiger partial charge in [0.05, 0.1) is 13.0 Å². The average molecular weight is 302 g/mol. The summed E-state index contributed by atoms with van der Waals surface area (Å²) in [4.78, 5) is 28.0. The van der Waals surface area contributed by atoms with Crippen molar-refractivity contribution in [3.05, 3.63) is 35.9 Å². The second-order valence-electron chi connectivity index (χ2n) is 6.13. The molecule has 5 nitrogen and oxygen atoms in total. The first-order valence-electron chi connectivity index (χ1n) is 7.81. The Morgan fingerprint density at radius 1 is 1.27 bits per heavy atom. The maximum atomic E-state index is 12.2. The van der Waals surface area contributed by atoms with E-state index in [0.717, 1.165) is 26.1 Å². The first-order chi connectivity index (χ1) is 10.7. The molecule has 0 radical (unpaired) electrons. The molecule has 0 spiro atoms. The van der Waals surface area contributed by atoms with Gasteiger partial charge in [-0.1, -0.05) is 30.3 Å². The molecule has 2 atom stereocenters. The number of carbonyl (C=O) groups is 2. The second kappa shape index (κ2) is 6.48. The van der Waals surface area contributed by atoms with Crippen molar-refractivity contribution in [2.75, 3.05) is 26.7 Å². The molecule has 0 saturated carbocycles. The number of methoxy groups -OCH3 is 1. The number of hydrogen-bond donors (Lipinski definition) is 0. The Bertz CT molecular complexity index is 546. The highest BCUT2D eigenvalue weighted by molar-refractivity contribution is 5.87. The van der Waals surface area contributed by atoms with Gasteiger partial charge in [-0.05, 0) is 12.0 Å². The van der Waals surface area contributed by atoms with Crippen LogP contribution >= 0.6 is 0 Å². The molecule has 5 heteroatoms. The fourth-order valence-electron chi connectivity index (χ4n) is 3.46. The number of carbonyl (C=O) groups excluding carboxylic acids is 2. The minimum Gasteiger partial charge on any atom is -0.469 e. The van der Waals surface area contributed by atoms with E-state index < -0.39 is 0 Å². The van der Waals surface area contributed by atoms with Gasteiger partial charge in [0.25, 0.3) is 0 Å². The Hall–Kier alpha value is -1.88. The van der Waals surface area contributed by atoms with E-state index in [1.165, 1.54) is 12.7 Å². The van der Waals surface area contributed by atoms with Gasteiger partial charge in [-0.3, -0.25) is 14.5 Å². The lowest BCUT2D eigenvalue weighted by Gasteiger charge is -2.24. The molecule has 0 bridgehead atoms. The normalized spacial score (nSPS) is 25.7. The quantitative estimate of drug-likeness (QED) is 0.786. The summed E-state index contributed by atoms with van der Waals surface area (Å²) in [5, 5.41) is 0. The Kier molecular flexibility index (Phi) is 4.43. The predicted molar refractivity (Wildman–Crippen MR) is 82.0 cm³/mol.